The predicted molar refractivity (Wildman–Crippen MR) is 75.2 cm³/mol. The number of Topliss-reactive ketones (excluding diaryl/α,β-unsaturated/α-hetero) is 1. The molecule has 0 radical (unpaired) electrons. The normalized spacial score (nSPS) is 30.2. The zero-order valence-electron chi connectivity index (χ0n) is 12.1. The average Bonchev–Trinajstić information content (AvgIpc) is 2.40. The molecule has 1 aromatic rings. The van der Waals surface area contributed by atoms with Crippen molar-refractivity contribution in [2.24, 2.45) is 5.92 Å². The monoisotopic (exact) mass is 276 g/mol. The highest BCUT2D eigenvalue weighted by molar-refractivity contribution is 5.96. The molecule has 1 aromatic heterocycles. The van der Waals surface area contributed by atoms with Gasteiger partial charge in [-0.25, -0.2) is 9.37 Å². The second-order valence-electron chi connectivity index (χ2n) is 6.22. The molecule has 0 aromatic carbocycles. The lowest BCUT2D eigenvalue weighted by Crippen LogP contribution is -2.51. The number of aryl methyl sites for hydroxylation is 1. The largest absolute Gasteiger partial charge is 0.300 e. The summed E-state index contributed by atoms with van der Waals surface area (Å²) in [5, 5.41) is 0. The highest BCUT2D eigenvalue weighted by atomic mass is 19.1. The summed E-state index contributed by atoms with van der Waals surface area (Å²) >= 11 is 0. The molecule has 20 heavy (non-hydrogen) atoms. The van der Waals surface area contributed by atoms with Crippen molar-refractivity contribution in [2.75, 3.05) is 7.05 Å². The number of rotatable bonds is 2. The van der Waals surface area contributed by atoms with E-state index in [9.17, 15) is 9.18 Å². The van der Waals surface area contributed by atoms with Gasteiger partial charge in [-0.3, -0.25) is 4.79 Å². The van der Waals surface area contributed by atoms with Crippen molar-refractivity contribution < 1.29 is 9.18 Å². The van der Waals surface area contributed by atoms with Crippen molar-refractivity contribution in [3.63, 3.8) is 0 Å². The van der Waals surface area contributed by atoms with Crippen LogP contribution in [-0.4, -0.2) is 34.8 Å². The van der Waals surface area contributed by atoms with Crippen molar-refractivity contribution in [3.05, 3.63) is 29.3 Å². The first-order valence-electron chi connectivity index (χ1n) is 7.45. The average molecular weight is 276 g/mol. The molecule has 3 heterocycles. The van der Waals surface area contributed by atoms with Crippen LogP contribution >= 0.6 is 0 Å². The third-order valence-corrected chi connectivity index (χ3v) is 4.93. The van der Waals surface area contributed by atoms with Gasteiger partial charge in [0.2, 0.25) is 0 Å². The molecule has 3 rings (SSSR count). The lowest BCUT2D eigenvalue weighted by atomic mass is 9.76. The Hall–Kier alpha value is -1.29. The van der Waals surface area contributed by atoms with E-state index >= 15 is 0 Å². The minimum atomic E-state index is -0.482. The van der Waals surface area contributed by atoms with Crippen LogP contribution in [0.15, 0.2) is 12.1 Å². The third kappa shape index (κ3) is 2.37. The highest BCUT2D eigenvalue weighted by Gasteiger charge is 2.39. The van der Waals surface area contributed by atoms with Gasteiger partial charge in [0.1, 0.15) is 5.69 Å². The number of halogens is 1. The van der Waals surface area contributed by atoms with Gasteiger partial charge in [-0.2, -0.15) is 0 Å². The van der Waals surface area contributed by atoms with Gasteiger partial charge in [-0.1, -0.05) is 6.42 Å². The number of ketones is 1. The molecule has 0 N–H and O–H groups in total. The van der Waals surface area contributed by atoms with E-state index in [1.165, 1.54) is 12.5 Å². The van der Waals surface area contributed by atoms with Crippen LogP contribution in [0.4, 0.5) is 4.39 Å². The third-order valence-electron chi connectivity index (χ3n) is 4.93. The van der Waals surface area contributed by atoms with Crippen LogP contribution in [-0.2, 0) is 0 Å². The maximum absolute atomic E-state index is 13.8. The van der Waals surface area contributed by atoms with Crippen LogP contribution in [0.25, 0.3) is 0 Å². The quantitative estimate of drug-likeness (QED) is 0.779. The Kier molecular flexibility index (Phi) is 3.59. The van der Waals surface area contributed by atoms with Crippen LogP contribution in [0.3, 0.4) is 0 Å². The van der Waals surface area contributed by atoms with Crippen molar-refractivity contribution in [2.45, 2.75) is 51.1 Å². The Bertz CT molecular complexity index is 517. The fourth-order valence-electron chi connectivity index (χ4n) is 3.74. The van der Waals surface area contributed by atoms with Crippen molar-refractivity contribution in [1.82, 2.24) is 9.88 Å². The Morgan fingerprint density at radius 1 is 1.30 bits per heavy atom. The van der Waals surface area contributed by atoms with Gasteiger partial charge < -0.3 is 4.90 Å². The topological polar surface area (TPSA) is 33.2 Å². The molecule has 0 amide bonds. The number of aromatic nitrogens is 1. The molecule has 3 nitrogen and oxygen atoms in total. The van der Waals surface area contributed by atoms with E-state index in [0.717, 1.165) is 25.7 Å². The Labute approximate surface area is 119 Å². The Morgan fingerprint density at radius 2 is 1.95 bits per heavy atom. The highest BCUT2D eigenvalue weighted by Crippen LogP contribution is 2.37. The van der Waals surface area contributed by atoms with E-state index in [1.54, 1.807) is 13.0 Å². The second kappa shape index (κ2) is 5.24. The summed E-state index contributed by atoms with van der Waals surface area (Å²) in [5.74, 6) is -0.647. The van der Waals surface area contributed by atoms with Crippen LogP contribution in [0.2, 0.25) is 0 Å². The van der Waals surface area contributed by atoms with E-state index < -0.39 is 5.82 Å². The summed E-state index contributed by atoms with van der Waals surface area (Å²) in [5.41, 5.74) is 0.737. The molecule has 108 valence electrons. The molecule has 0 aliphatic carbocycles. The predicted octanol–water partition coefficient (Wildman–Crippen LogP) is 2.97. The minimum Gasteiger partial charge on any atom is -0.300 e. The summed E-state index contributed by atoms with van der Waals surface area (Å²) in [7, 11) is 2.15. The lowest BCUT2D eigenvalue weighted by Gasteiger charge is -2.46. The smallest absolute Gasteiger partial charge is 0.187 e. The van der Waals surface area contributed by atoms with Gasteiger partial charge in [0.15, 0.2) is 11.6 Å². The molecular weight excluding hydrogens is 255 g/mol. The van der Waals surface area contributed by atoms with E-state index in [1.807, 2.05) is 0 Å². The number of fused-ring (bicyclic) bond motifs is 2. The SMILES string of the molecule is Cc1ccc(F)c(C(=O)C2CC3CCCC(C2)N3C)n1. The van der Waals surface area contributed by atoms with Crippen LogP contribution in [0.1, 0.15) is 48.3 Å². The van der Waals surface area contributed by atoms with Gasteiger partial charge in [-0.05, 0) is 51.8 Å². The number of piperidine rings is 2. The zero-order valence-corrected chi connectivity index (χ0v) is 12.1. The zero-order chi connectivity index (χ0) is 14.3. The molecule has 0 saturated carbocycles. The van der Waals surface area contributed by atoms with Gasteiger partial charge in [0.05, 0.1) is 0 Å². The molecular formula is C16H21FN2O. The molecule has 2 unspecified atom stereocenters. The molecule has 4 heteroatoms. The number of carbonyl (C=O) groups excluding carboxylic acids is 1. The number of pyridine rings is 1. The fourth-order valence-corrected chi connectivity index (χ4v) is 3.74. The van der Waals surface area contributed by atoms with Crippen molar-refractivity contribution >= 4 is 5.78 Å². The van der Waals surface area contributed by atoms with Crippen LogP contribution < -0.4 is 0 Å². The number of hydrogen-bond acceptors (Lipinski definition) is 3. The maximum Gasteiger partial charge on any atom is 0.187 e. The molecule has 2 aliphatic heterocycles. The molecule has 2 aliphatic rings. The Balaban J connectivity index is 1.83. The van der Waals surface area contributed by atoms with Gasteiger partial charge in [0.25, 0.3) is 0 Å². The molecule has 0 spiro atoms. The molecule has 2 saturated heterocycles. The lowest BCUT2D eigenvalue weighted by molar-refractivity contribution is 0.0334. The van der Waals surface area contributed by atoms with E-state index in [-0.39, 0.29) is 17.4 Å². The maximum atomic E-state index is 13.8. The standard InChI is InChI=1S/C16H21FN2O/c1-10-6-7-14(17)15(18-10)16(20)11-8-12-4-3-5-13(9-11)19(12)2/h6-7,11-13H,3-5,8-9H2,1-2H3. The first kappa shape index (κ1) is 13.7. The van der Waals surface area contributed by atoms with E-state index in [4.69, 9.17) is 0 Å². The van der Waals surface area contributed by atoms with Crippen LogP contribution in [0, 0.1) is 18.7 Å². The summed E-state index contributed by atoms with van der Waals surface area (Å²) in [6.07, 6.45) is 5.25. The number of carbonyl (C=O) groups is 1. The van der Waals surface area contributed by atoms with Crippen molar-refractivity contribution in [3.8, 4) is 0 Å². The summed E-state index contributed by atoms with van der Waals surface area (Å²) < 4.78 is 13.8. The Morgan fingerprint density at radius 3 is 2.60 bits per heavy atom. The van der Waals surface area contributed by atoms with Crippen molar-refractivity contribution in [1.29, 1.82) is 0 Å². The first-order valence-corrected chi connectivity index (χ1v) is 7.45. The van der Waals surface area contributed by atoms with Gasteiger partial charge in [0, 0.05) is 23.7 Å². The summed E-state index contributed by atoms with van der Waals surface area (Å²) in [6, 6.07) is 3.91. The van der Waals surface area contributed by atoms with Gasteiger partial charge in [-0.15, -0.1) is 0 Å². The fraction of sp³-hybridized carbons (Fsp3) is 0.625. The van der Waals surface area contributed by atoms with Gasteiger partial charge >= 0.3 is 0 Å². The second-order valence-corrected chi connectivity index (χ2v) is 6.22. The molecule has 2 atom stereocenters. The minimum absolute atomic E-state index is 0.0395. The molecule has 2 fully saturated rings. The first-order chi connectivity index (χ1) is 9.56. The number of hydrogen-bond donors (Lipinski definition) is 0. The number of nitrogens with zero attached hydrogens (tertiary/aromatic N) is 2. The van der Waals surface area contributed by atoms with E-state index in [2.05, 4.69) is 16.9 Å². The summed E-state index contributed by atoms with van der Waals surface area (Å²) in [4.78, 5) is 19.1. The summed E-state index contributed by atoms with van der Waals surface area (Å²) in [6.45, 7) is 1.79. The van der Waals surface area contributed by atoms with E-state index in [0.29, 0.717) is 17.8 Å². The molecule has 2 bridgehead atoms. The van der Waals surface area contributed by atoms with Crippen LogP contribution in [0.5, 0.6) is 0 Å².